The fourth-order valence-electron chi connectivity index (χ4n) is 1.09. The monoisotopic (exact) mass is 221 g/mol. The van der Waals surface area contributed by atoms with E-state index >= 15 is 0 Å². The number of rotatable bonds is 5. The molecule has 1 aromatic rings. The van der Waals surface area contributed by atoms with Crippen LogP contribution in [0.1, 0.15) is 18.2 Å². The summed E-state index contributed by atoms with van der Waals surface area (Å²) in [5.41, 5.74) is 7.07. The molecular formula is C11H15N3S. The SMILES string of the molecule is CC(CN)CSCc1cccnc1C#N. The Labute approximate surface area is 94.7 Å². The van der Waals surface area contributed by atoms with Crippen molar-refractivity contribution >= 4 is 11.8 Å². The predicted molar refractivity (Wildman–Crippen MR) is 63.3 cm³/mol. The zero-order valence-electron chi connectivity index (χ0n) is 8.81. The lowest BCUT2D eigenvalue weighted by molar-refractivity contribution is 0.675. The normalized spacial score (nSPS) is 12.1. The largest absolute Gasteiger partial charge is 0.330 e. The topological polar surface area (TPSA) is 62.7 Å². The minimum atomic E-state index is 0.525. The van der Waals surface area contributed by atoms with Crippen LogP contribution in [0.4, 0.5) is 0 Å². The smallest absolute Gasteiger partial charge is 0.144 e. The van der Waals surface area contributed by atoms with Crippen molar-refractivity contribution in [2.24, 2.45) is 11.7 Å². The van der Waals surface area contributed by atoms with Gasteiger partial charge in [-0.1, -0.05) is 13.0 Å². The molecule has 4 heteroatoms. The van der Waals surface area contributed by atoms with Gasteiger partial charge in [0.2, 0.25) is 0 Å². The van der Waals surface area contributed by atoms with Crippen molar-refractivity contribution in [1.82, 2.24) is 4.98 Å². The lowest BCUT2D eigenvalue weighted by atomic mass is 10.2. The molecule has 1 atom stereocenters. The summed E-state index contributed by atoms with van der Waals surface area (Å²) in [6, 6.07) is 5.91. The van der Waals surface area contributed by atoms with Crippen LogP contribution in [0, 0.1) is 17.2 Å². The van der Waals surface area contributed by atoms with Crippen LogP contribution in [0.5, 0.6) is 0 Å². The van der Waals surface area contributed by atoms with Gasteiger partial charge in [0.05, 0.1) is 0 Å². The third-order valence-corrected chi connectivity index (χ3v) is 3.38. The Kier molecular flexibility index (Phi) is 5.16. The summed E-state index contributed by atoms with van der Waals surface area (Å²) in [5.74, 6) is 2.38. The minimum absolute atomic E-state index is 0.525. The minimum Gasteiger partial charge on any atom is -0.330 e. The lowest BCUT2D eigenvalue weighted by Crippen LogP contribution is -2.12. The van der Waals surface area contributed by atoms with E-state index in [2.05, 4.69) is 18.0 Å². The van der Waals surface area contributed by atoms with Gasteiger partial charge in [-0.25, -0.2) is 4.98 Å². The average Bonchev–Trinajstić information content (AvgIpc) is 2.29. The van der Waals surface area contributed by atoms with E-state index in [0.29, 0.717) is 18.2 Å². The molecule has 0 spiro atoms. The molecule has 0 radical (unpaired) electrons. The van der Waals surface area contributed by atoms with Crippen LogP contribution in [0.15, 0.2) is 18.3 Å². The Morgan fingerprint density at radius 1 is 1.67 bits per heavy atom. The third-order valence-electron chi connectivity index (χ3n) is 2.06. The van der Waals surface area contributed by atoms with Crippen molar-refractivity contribution in [2.45, 2.75) is 12.7 Å². The summed E-state index contributed by atoms with van der Waals surface area (Å²) < 4.78 is 0. The Bertz CT molecular complexity index is 346. The molecule has 0 saturated heterocycles. The maximum absolute atomic E-state index is 8.83. The summed E-state index contributed by atoms with van der Waals surface area (Å²) >= 11 is 1.80. The van der Waals surface area contributed by atoms with Crippen molar-refractivity contribution in [3.8, 4) is 6.07 Å². The van der Waals surface area contributed by atoms with E-state index in [-0.39, 0.29) is 0 Å². The first kappa shape index (κ1) is 12.0. The predicted octanol–water partition coefficient (Wildman–Crippen LogP) is 1.78. The van der Waals surface area contributed by atoms with Gasteiger partial charge in [0.15, 0.2) is 0 Å². The fraction of sp³-hybridized carbons (Fsp3) is 0.455. The Balaban J connectivity index is 2.47. The molecule has 0 bridgehead atoms. The maximum Gasteiger partial charge on any atom is 0.144 e. The summed E-state index contributed by atoms with van der Waals surface area (Å²) in [6.07, 6.45) is 1.65. The number of aromatic nitrogens is 1. The van der Waals surface area contributed by atoms with Crippen LogP contribution < -0.4 is 5.73 Å². The van der Waals surface area contributed by atoms with E-state index in [1.165, 1.54) is 0 Å². The van der Waals surface area contributed by atoms with E-state index in [0.717, 1.165) is 17.1 Å². The van der Waals surface area contributed by atoms with Gasteiger partial charge in [-0.3, -0.25) is 0 Å². The number of hydrogen-bond acceptors (Lipinski definition) is 4. The number of nitriles is 1. The van der Waals surface area contributed by atoms with Crippen molar-refractivity contribution in [2.75, 3.05) is 12.3 Å². The molecule has 3 nitrogen and oxygen atoms in total. The second kappa shape index (κ2) is 6.44. The number of nitrogens with zero attached hydrogens (tertiary/aromatic N) is 2. The van der Waals surface area contributed by atoms with Crippen LogP contribution >= 0.6 is 11.8 Å². The molecule has 80 valence electrons. The number of thioether (sulfide) groups is 1. The molecule has 0 aliphatic rings. The fourth-order valence-corrected chi connectivity index (χ4v) is 2.20. The number of nitrogens with two attached hydrogens (primary N) is 1. The van der Waals surface area contributed by atoms with Gasteiger partial charge in [-0.15, -0.1) is 0 Å². The molecule has 0 aliphatic heterocycles. The van der Waals surface area contributed by atoms with Gasteiger partial charge in [-0.2, -0.15) is 17.0 Å². The van der Waals surface area contributed by atoms with Gasteiger partial charge >= 0.3 is 0 Å². The second-order valence-electron chi connectivity index (χ2n) is 3.48. The zero-order valence-corrected chi connectivity index (χ0v) is 9.63. The van der Waals surface area contributed by atoms with Crippen LogP contribution in [-0.4, -0.2) is 17.3 Å². The first-order chi connectivity index (χ1) is 7.27. The molecule has 0 aromatic carbocycles. The molecule has 0 aliphatic carbocycles. The Morgan fingerprint density at radius 2 is 2.47 bits per heavy atom. The molecule has 1 heterocycles. The van der Waals surface area contributed by atoms with Crippen LogP contribution in [0.25, 0.3) is 0 Å². The molecular weight excluding hydrogens is 206 g/mol. The first-order valence-electron chi connectivity index (χ1n) is 4.89. The Morgan fingerprint density at radius 3 is 3.13 bits per heavy atom. The molecule has 2 N–H and O–H groups in total. The summed E-state index contributed by atoms with van der Waals surface area (Å²) in [5, 5.41) is 8.83. The molecule has 1 aromatic heterocycles. The van der Waals surface area contributed by atoms with Crippen molar-refractivity contribution in [3.63, 3.8) is 0 Å². The van der Waals surface area contributed by atoms with Gasteiger partial charge in [0.25, 0.3) is 0 Å². The van der Waals surface area contributed by atoms with Gasteiger partial charge < -0.3 is 5.73 Å². The van der Waals surface area contributed by atoms with Gasteiger partial charge in [-0.05, 0) is 29.8 Å². The zero-order chi connectivity index (χ0) is 11.1. The van der Waals surface area contributed by atoms with Crippen LogP contribution in [0.2, 0.25) is 0 Å². The van der Waals surface area contributed by atoms with Gasteiger partial charge in [0.1, 0.15) is 11.8 Å². The molecule has 0 fully saturated rings. The molecule has 0 saturated carbocycles. The first-order valence-corrected chi connectivity index (χ1v) is 6.05. The molecule has 15 heavy (non-hydrogen) atoms. The lowest BCUT2D eigenvalue weighted by Gasteiger charge is -2.07. The highest BCUT2D eigenvalue weighted by Gasteiger charge is 2.04. The average molecular weight is 221 g/mol. The molecule has 1 unspecified atom stereocenters. The summed E-state index contributed by atoms with van der Waals surface area (Å²) in [6.45, 7) is 2.84. The van der Waals surface area contributed by atoms with Crippen molar-refractivity contribution in [1.29, 1.82) is 5.26 Å². The van der Waals surface area contributed by atoms with Crippen molar-refractivity contribution in [3.05, 3.63) is 29.6 Å². The van der Waals surface area contributed by atoms with Crippen LogP contribution in [-0.2, 0) is 5.75 Å². The molecule has 0 amide bonds. The standard InChI is InChI=1S/C11H15N3S/c1-9(5-12)7-15-8-10-3-2-4-14-11(10)6-13/h2-4,9H,5,7-8,12H2,1H3. The van der Waals surface area contributed by atoms with E-state index in [1.807, 2.05) is 12.1 Å². The number of hydrogen-bond donors (Lipinski definition) is 1. The Hall–Kier alpha value is -1.05. The third kappa shape index (κ3) is 3.90. The second-order valence-corrected chi connectivity index (χ2v) is 4.51. The maximum atomic E-state index is 8.83. The molecule has 1 rings (SSSR count). The van der Waals surface area contributed by atoms with Crippen molar-refractivity contribution < 1.29 is 0 Å². The summed E-state index contributed by atoms with van der Waals surface area (Å²) in [7, 11) is 0. The van der Waals surface area contributed by atoms with E-state index in [4.69, 9.17) is 11.0 Å². The van der Waals surface area contributed by atoms with E-state index in [9.17, 15) is 0 Å². The van der Waals surface area contributed by atoms with E-state index in [1.54, 1.807) is 18.0 Å². The highest BCUT2D eigenvalue weighted by Crippen LogP contribution is 2.16. The summed E-state index contributed by atoms with van der Waals surface area (Å²) in [4.78, 5) is 4.02. The highest BCUT2D eigenvalue weighted by molar-refractivity contribution is 7.98. The van der Waals surface area contributed by atoms with Crippen LogP contribution in [0.3, 0.4) is 0 Å². The quantitative estimate of drug-likeness (QED) is 0.823. The number of pyridine rings is 1. The van der Waals surface area contributed by atoms with E-state index < -0.39 is 0 Å². The highest BCUT2D eigenvalue weighted by atomic mass is 32.2. The van der Waals surface area contributed by atoms with Gasteiger partial charge in [0, 0.05) is 11.9 Å².